The van der Waals surface area contributed by atoms with Crippen LogP contribution < -0.4 is 15.0 Å². The van der Waals surface area contributed by atoms with Gasteiger partial charge in [-0.25, -0.2) is 13.6 Å². The van der Waals surface area contributed by atoms with Crippen LogP contribution in [0, 0.1) is 28.9 Å². The molecule has 0 unspecified atom stereocenters. The Morgan fingerprint density at radius 1 is 1.27 bits per heavy atom. The van der Waals surface area contributed by atoms with Gasteiger partial charge in [0.05, 0.1) is 18.5 Å². The van der Waals surface area contributed by atoms with E-state index in [1.54, 1.807) is 25.2 Å². The molecule has 0 bridgehead atoms. The summed E-state index contributed by atoms with van der Waals surface area (Å²) in [5, 5.41) is 16.0. The van der Waals surface area contributed by atoms with Crippen LogP contribution in [0.4, 0.5) is 19.3 Å². The molecule has 1 aliphatic rings. The third kappa shape index (κ3) is 5.95. The topological polar surface area (TPSA) is 96.7 Å². The highest BCUT2D eigenvalue weighted by atomic mass is 19.1. The molecule has 10 heteroatoms. The minimum absolute atomic E-state index is 0.0886. The number of nitrogens with one attached hydrogen (secondary N) is 1. The Labute approximate surface area is 212 Å². The molecule has 0 saturated carbocycles. The summed E-state index contributed by atoms with van der Waals surface area (Å²) in [4.78, 5) is 27.3. The van der Waals surface area contributed by atoms with Gasteiger partial charge in [0.25, 0.3) is 5.91 Å². The summed E-state index contributed by atoms with van der Waals surface area (Å²) in [5.74, 6) is 4.71. The van der Waals surface area contributed by atoms with Crippen LogP contribution in [-0.4, -0.2) is 53.1 Å². The summed E-state index contributed by atoms with van der Waals surface area (Å²) in [6, 6.07) is 6.81. The number of aliphatic hydroxyl groups excluding tert-OH is 1. The van der Waals surface area contributed by atoms with E-state index in [-0.39, 0.29) is 25.2 Å². The first-order chi connectivity index (χ1) is 17.6. The van der Waals surface area contributed by atoms with E-state index >= 15 is 0 Å². The number of aromatic nitrogens is 2. The molecular formula is C27H26F2N4O4. The molecule has 0 spiro atoms. The quantitative estimate of drug-likeness (QED) is 0.528. The number of hydrogen-bond donors (Lipinski definition) is 2. The molecule has 2 N–H and O–H groups in total. The third-order valence-corrected chi connectivity index (χ3v) is 5.85. The van der Waals surface area contributed by atoms with Gasteiger partial charge in [-0.05, 0) is 49.2 Å². The zero-order valence-corrected chi connectivity index (χ0v) is 20.6. The van der Waals surface area contributed by atoms with Crippen LogP contribution in [0.15, 0.2) is 48.8 Å². The normalized spacial score (nSPS) is 15.2. The van der Waals surface area contributed by atoms with E-state index < -0.39 is 35.0 Å². The average Bonchev–Trinajstić information content (AvgIpc) is 3.31. The van der Waals surface area contributed by atoms with Crippen molar-refractivity contribution in [1.82, 2.24) is 15.1 Å². The molecule has 0 saturated heterocycles. The Balaban J connectivity index is 1.45. The van der Waals surface area contributed by atoms with E-state index in [1.165, 1.54) is 23.4 Å². The van der Waals surface area contributed by atoms with Crippen molar-refractivity contribution in [3.8, 4) is 17.6 Å². The molecule has 8 nitrogen and oxygen atoms in total. The summed E-state index contributed by atoms with van der Waals surface area (Å²) >= 11 is 0. The van der Waals surface area contributed by atoms with Crippen molar-refractivity contribution in [3.05, 3.63) is 77.1 Å². The Morgan fingerprint density at radius 3 is 2.78 bits per heavy atom. The average molecular weight is 509 g/mol. The number of carbonyl (C=O) groups is 2. The van der Waals surface area contributed by atoms with Crippen molar-refractivity contribution in [3.63, 3.8) is 0 Å². The fourth-order valence-corrected chi connectivity index (χ4v) is 3.62. The van der Waals surface area contributed by atoms with Gasteiger partial charge in [-0.2, -0.15) is 9.78 Å². The van der Waals surface area contributed by atoms with E-state index in [0.29, 0.717) is 22.6 Å². The number of nitrogens with zero attached hydrogens (tertiary/aromatic N) is 3. The van der Waals surface area contributed by atoms with E-state index in [2.05, 4.69) is 22.3 Å². The number of aliphatic hydroxyl groups is 1. The first-order valence-electron chi connectivity index (χ1n) is 11.5. The van der Waals surface area contributed by atoms with Crippen molar-refractivity contribution in [2.45, 2.75) is 26.3 Å². The lowest BCUT2D eigenvalue weighted by Crippen LogP contribution is -2.50. The standard InChI is InChI=1S/C27H26F2N4O4/c1-27(2,16-34)9-8-17-4-7-24-23(11-17)32(3)25(35)22(15-37-24)31-26(36)33-14-18(13-30-33)10-19-5-6-20(28)12-21(19)29/h4-7,11-14,22,34H,10,15-16H2,1-3H3,(H,31,36)/t22-/m1/s1. The summed E-state index contributed by atoms with van der Waals surface area (Å²) in [7, 11) is 1.58. The summed E-state index contributed by atoms with van der Waals surface area (Å²) in [6.07, 6.45) is 2.93. The Morgan fingerprint density at radius 2 is 2.05 bits per heavy atom. The highest BCUT2D eigenvalue weighted by molar-refractivity contribution is 6.00. The number of amides is 2. The molecule has 2 heterocycles. The second-order valence-electron chi connectivity index (χ2n) is 9.39. The third-order valence-electron chi connectivity index (χ3n) is 5.85. The van der Waals surface area contributed by atoms with Crippen LogP contribution in [-0.2, 0) is 11.2 Å². The molecule has 37 heavy (non-hydrogen) atoms. The van der Waals surface area contributed by atoms with Crippen molar-refractivity contribution in [2.75, 3.05) is 25.2 Å². The van der Waals surface area contributed by atoms with Crippen molar-refractivity contribution in [1.29, 1.82) is 0 Å². The molecule has 1 aliphatic heterocycles. The number of anilines is 1. The van der Waals surface area contributed by atoms with Gasteiger partial charge in [-0.15, -0.1) is 0 Å². The van der Waals surface area contributed by atoms with Crippen molar-refractivity contribution >= 4 is 17.6 Å². The Kier molecular flexibility index (Phi) is 7.27. The van der Waals surface area contributed by atoms with E-state index in [9.17, 15) is 23.5 Å². The van der Waals surface area contributed by atoms with E-state index in [4.69, 9.17) is 4.74 Å². The zero-order chi connectivity index (χ0) is 26.7. The van der Waals surface area contributed by atoms with Gasteiger partial charge in [-0.1, -0.05) is 17.9 Å². The van der Waals surface area contributed by atoms with Crippen LogP contribution in [0.2, 0.25) is 0 Å². The maximum Gasteiger partial charge on any atom is 0.342 e. The largest absolute Gasteiger partial charge is 0.489 e. The predicted octanol–water partition coefficient (Wildman–Crippen LogP) is 3.10. The highest BCUT2D eigenvalue weighted by Crippen LogP contribution is 2.31. The Bertz CT molecular complexity index is 1410. The number of hydrogen-bond acceptors (Lipinski definition) is 5. The van der Waals surface area contributed by atoms with Gasteiger partial charge in [0.1, 0.15) is 30.0 Å². The first-order valence-corrected chi connectivity index (χ1v) is 11.5. The maximum absolute atomic E-state index is 14.0. The molecule has 0 fully saturated rings. The number of rotatable bonds is 4. The summed E-state index contributed by atoms with van der Waals surface area (Å²) < 4.78 is 33.9. The number of benzene rings is 2. The number of ether oxygens (including phenoxy) is 1. The molecule has 0 radical (unpaired) electrons. The second kappa shape index (κ2) is 10.4. The van der Waals surface area contributed by atoms with Gasteiger partial charge in [0.2, 0.25) is 0 Å². The number of likely N-dealkylation sites (N-methyl/N-ethyl adjacent to an activating group) is 1. The molecule has 1 atom stereocenters. The van der Waals surface area contributed by atoms with Gasteiger partial charge < -0.3 is 20.1 Å². The fraction of sp³-hybridized carbons (Fsp3) is 0.296. The number of halogens is 2. The first kappa shape index (κ1) is 25.9. The smallest absolute Gasteiger partial charge is 0.342 e. The molecule has 1 aromatic heterocycles. The maximum atomic E-state index is 14.0. The van der Waals surface area contributed by atoms with Crippen molar-refractivity contribution < 1.29 is 28.2 Å². The van der Waals surface area contributed by atoms with Crippen LogP contribution in [0.1, 0.15) is 30.5 Å². The molecule has 3 aromatic rings. The van der Waals surface area contributed by atoms with Gasteiger partial charge in [0, 0.05) is 36.7 Å². The van der Waals surface area contributed by atoms with Crippen LogP contribution in [0.5, 0.6) is 5.75 Å². The van der Waals surface area contributed by atoms with Crippen molar-refractivity contribution in [2.24, 2.45) is 5.41 Å². The minimum Gasteiger partial charge on any atom is -0.489 e. The molecular weight excluding hydrogens is 482 g/mol. The van der Waals surface area contributed by atoms with E-state index in [1.807, 2.05) is 13.8 Å². The SMILES string of the molecule is CN1C(=O)[C@H](NC(=O)n2cc(Cc3ccc(F)cc3F)cn2)COc2ccc(C#CC(C)(C)CO)cc21. The highest BCUT2D eigenvalue weighted by Gasteiger charge is 2.31. The lowest BCUT2D eigenvalue weighted by Gasteiger charge is -2.20. The monoisotopic (exact) mass is 508 g/mol. The molecule has 2 aromatic carbocycles. The summed E-state index contributed by atoms with van der Waals surface area (Å²) in [5.41, 5.74) is 1.37. The van der Waals surface area contributed by atoms with Gasteiger partial charge in [0.15, 0.2) is 0 Å². The van der Waals surface area contributed by atoms with E-state index in [0.717, 1.165) is 16.8 Å². The minimum atomic E-state index is -0.991. The Hall–Kier alpha value is -4.23. The van der Waals surface area contributed by atoms with Crippen LogP contribution in [0.3, 0.4) is 0 Å². The molecule has 0 aliphatic carbocycles. The summed E-state index contributed by atoms with van der Waals surface area (Å²) in [6.45, 7) is 3.45. The zero-order valence-electron chi connectivity index (χ0n) is 20.6. The molecule has 4 rings (SSSR count). The van der Waals surface area contributed by atoms with Gasteiger partial charge >= 0.3 is 6.03 Å². The fourth-order valence-electron chi connectivity index (χ4n) is 3.62. The molecule has 2 amide bonds. The van der Waals surface area contributed by atoms with Crippen LogP contribution in [0.25, 0.3) is 0 Å². The lowest BCUT2D eigenvalue weighted by atomic mass is 9.95. The number of fused-ring (bicyclic) bond motifs is 1. The van der Waals surface area contributed by atoms with Crippen LogP contribution >= 0.6 is 0 Å². The van der Waals surface area contributed by atoms with Gasteiger partial charge in [-0.3, -0.25) is 4.79 Å². The lowest BCUT2D eigenvalue weighted by molar-refractivity contribution is -0.120. The number of carbonyl (C=O) groups excluding carboxylic acids is 2. The second-order valence-corrected chi connectivity index (χ2v) is 9.39. The molecule has 192 valence electrons. The predicted molar refractivity (Wildman–Crippen MR) is 132 cm³/mol.